The highest BCUT2D eigenvalue weighted by molar-refractivity contribution is 7.89. The van der Waals surface area contributed by atoms with Gasteiger partial charge in [-0.2, -0.15) is 0 Å². The Bertz CT molecular complexity index is 900. The summed E-state index contributed by atoms with van der Waals surface area (Å²) in [7, 11) is -2.26. The lowest BCUT2D eigenvalue weighted by molar-refractivity contribution is 0.0953. The van der Waals surface area contributed by atoms with Gasteiger partial charge >= 0.3 is 0 Å². The number of nitrogens with one attached hydrogen (secondary N) is 2. The number of aryl methyl sites for hydroxylation is 1. The van der Waals surface area contributed by atoms with Crippen LogP contribution in [-0.2, 0) is 21.2 Å². The number of benzene rings is 2. The number of carbonyl (C=O) groups excluding carboxylic acids is 1. The Morgan fingerprint density at radius 1 is 1.15 bits per heavy atom. The summed E-state index contributed by atoms with van der Waals surface area (Å²) >= 11 is 0. The lowest BCUT2D eigenvalue weighted by Gasteiger charge is -2.11. The van der Waals surface area contributed by atoms with Gasteiger partial charge < -0.3 is 10.1 Å². The van der Waals surface area contributed by atoms with Crippen molar-refractivity contribution in [2.75, 3.05) is 26.8 Å². The standard InChI is InChI=1S/C19H23FN2O4S/c1-14-7-8-16(27(24,25)22-11-12-26-2)13-17(14)19(23)21-10-9-15-5-3-4-6-18(15)20/h3-8,13,22H,9-12H2,1-2H3,(H,21,23). The van der Waals surface area contributed by atoms with Crippen LogP contribution in [-0.4, -0.2) is 41.1 Å². The van der Waals surface area contributed by atoms with Crippen molar-refractivity contribution in [1.29, 1.82) is 0 Å². The highest BCUT2D eigenvalue weighted by Gasteiger charge is 2.17. The first kappa shape index (κ1) is 21.0. The Kier molecular flexibility index (Phi) is 7.46. The van der Waals surface area contributed by atoms with Crippen LogP contribution >= 0.6 is 0 Å². The van der Waals surface area contributed by atoms with Gasteiger partial charge in [0.1, 0.15) is 5.82 Å². The van der Waals surface area contributed by atoms with E-state index in [1.807, 2.05) is 0 Å². The van der Waals surface area contributed by atoms with Crippen molar-refractivity contribution in [3.8, 4) is 0 Å². The number of ether oxygens (including phenoxy) is 1. The molecule has 0 unspecified atom stereocenters. The van der Waals surface area contributed by atoms with E-state index in [0.29, 0.717) is 17.5 Å². The molecule has 0 atom stereocenters. The average Bonchev–Trinajstić information content (AvgIpc) is 2.63. The molecular weight excluding hydrogens is 371 g/mol. The summed E-state index contributed by atoms with van der Waals surface area (Å²) in [6, 6.07) is 10.7. The molecule has 0 heterocycles. The van der Waals surface area contributed by atoms with E-state index in [0.717, 1.165) is 0 Å². The number of rotatable bonds is 9. The second kappa shape index (κ2) is 9.59. The number of amides is 1. The van der Waals surface area contributed by atoms with Crippen molar-refractivity contribution in [1.82, 2.24) is 10.0 Å². The predicted molar refractivity (Wildman–Crippen MR) is 101 cm³/mol. The van der Waals surface area contributed by atoms with Crippen LogP contribution in [0.1, 0.15) is 21.5 Å². The molecule has 27 heavy (non-hydrogen) atoms. The summed E-state index contributed by atoms with van der Waals surface area (Å²) in [4.78, 5) is 12.4. The maximum atomic E-state index is 13.6. The topological polar surface area (TPSA) is 84.5 Å². The lowest BCUT2D eigenvalue weighted by atomic mass is 10.1. The maximum absolute atomic E-state index is 13.6. The van der Waals surface area contributed by atoms with Crippen molar-refractivity contribution in [2.24, 2.45) is 0 Å². The SMILES string of the molecule is COCCNS(=O)(=O)c1ccc(C)c(C(=O)NCCc2ccccc2F)c1. The molecule has 0 spiro atoms. The quantitative estimate of drug-likeness (QED) is 0.638. The second-order valence-corrected chi connectivity index (χ2v) is 7.73. The van der Waals surface area contributed by atoms with Crippen LogP contribution < -0.4 is 10.0 Å². The third-order valence-corrected chi connectivity index (χ3v) is 5.46. The normalized spacial score (nSPS) is 11.4. The molecule has 1 amide bonds. The minimum absolute atomic E-state index is 0.00320. The second-order valence-electron chi connectivity index (χ2n) is 5.96. The molecule has 0 aliphatic rings. The Hall–Kier alpha value is -2.29. The fraction of sp³-hybridized carbons (Fsp3) is 0.316. The van der Waals surface area contributed by atoms with Crippen molar-refractivity contribution in [3.05, 3.63) is 65.0 Å². The molecule has 0 radical (unpaired) electrons. The van der Waals surface area contributed by atoms with Gasteiger partial charge in [0.15, 0.2) is 0 Å². The van der Waals surface area contributed by atoms with E-state index >= 15 is 0 Å². The van der Waals surface area contributed by atoms with Crippen molar-refractivity contribution < 1.29 is 22.3 Å². The summed E-state index contributed by atoms with van der Waals surface area (Å²) in [6.45, 7) is 2.34. The van der Waals surface area contributed by atoms with Crippen molar-refractivity contribution >= 4 is 15.9 Å². The Morgan fingerprint density at radius 3 is 2.59 bits per heavy atom. The molecule has 0 bridgehead atoms. The first-order chi connectivity index (χ1) is 12.8. The molecule has 0 aliphatic heterocycles. The van der Waals surface area contributed by atoms with E-state index in [-0.39, 0.29) is 36.0 Å². The van der Waals surface area contributed by atoms with Gasteiger partial charge in [-0.1, -0.05) is 24.3 Å². The van der Waals surface area contributed by atoms with Crippen LogP contribution in [0.15, 0.2) is 47.4 Å². The summed E-state index contributed by atoms with van der Waals surface area (Å²) in [5.74, 6) is -0.726. The third-order valence-electron chi connectivity index (χ3n) is 4.00. The fourth-order valence-corrected chi connectivity index (χ4v) is 3.52. The summed E-state index contributed by atoms with van der Waals surface area (Å²) in [5.41, 5.74) is 1.42. The number of sulfonamides is 1. The minimum Gasteiger partial charge on any atom is -0.383 e. The van der Waals surface area contributed by atoms with Crippen LogP contribution in [0.2, 0.25) is 0 Å². The largest absolute Gasteiger partial charge is 0.383 e. The maximum Gasteiger partial charge on any atom is 0.251 e. The smallest absolute Gasteiger partial charge is 0.251 e. The average molecular weight is 394 g/mol. The molecule has 0 saturated heterocycles. The summed E-state index contributed by atoms with van der Waals surface area (Å²) in [6.07, 6.45) is 0.341. The zero-order chi connectivity index (χ0) is 19.9. The van der Waals surface area contributed by atoms with Gasteiger partial charge in [-0.3, -0.25) is 4.79 Å². The molecule has 2 rings (SSSR count). The van der Waals surface area contributed by atoms with Gasteiger partial charge in [-0.05, 0) is 42.7 Å². The molecule has 0 aliphatic carbocycles. The Morgan fingerprint density at radius 2 is 1.89 bits per heavy atom. The molecule has 0 saturated carbocycles. The van der Waals surface area contributed by atoms with E-state index < -0.39 is 15.9 Å². The van der Waals surface area contributed by atoms with Crippen LogP contribution in [0.3, 0.4) is 0 Å². The van der Waals surface area contributed by atoms with E-state index in [9.17, 15) is 17.6 Å². The van der Waals surface area contributed by atoms with Gasteiger partial charge in [0.25, 0.3) is 5.91 Å². The number of hydrogen-bond donors (Lipinski definition) is 2. The number of methoxy groups -OCH3 is 1. The molecule has 0 aromatic heterocycles. The van der Waals surface area contributed by atoms with Crippen molar-refractivity contribution in [2.45, 2.75) is 18.2 Å². The summed E-state index contributed by atoms with van der Waals surface area (Å²) in [5, 5.41) is 2.71. The van der Waals surface area contributed by atoms with Crippen LogP contribution in [0.4, 0.5) is 4.39 Å². The molecule has 2 aromatic rings. The summed E-state index contributed by atoms with van der Waals surface area (Å²) < 4.78 is 45.4. The molecule has 2 aromatic carbocycles. The Labute approximate surface area is 158 Å². The van der Waals surface area contributed by atoms with Crippen LogP contribution in [0.25, 0.3) is 0 Å². The van der Waals surface area contributed by atoms with E-state index in [1.165, 1.54) is 25.3 Å². The van der Waals surface area contributed by atoms with E-state index in [2.05, 4.69) is 10.0 Å². The van der Waals surface area contributed by atoms with Gasteiger partial charge in [0.2, 0.25) is 10.0 Å². The third kappa shape index (κ3) is 5.85. The highest BCUT2D eigenvalue weighted by Crippen LogP contribution is 2.16. The molecule has 2 N–H and O–H groups in total. The van der Waals surface area contributed by atoms with Crippen molar-refractivity contribution in [3.63, 3.8) is 0 Å². The molecular formula is C19H23FN2O4S. The van der Waals surface area contributed by atoms with E-state index in [4.69, 9.17) is 4.74 Å². The molecule has 0 fully saturated rings. The lowest BCUT2D eigenvalue weighted by Crippen LogP contribution is -2.29. The first-order valence-corrected chi connectivity index (χ1v) is 9.94. The fourth-order valence-electron chi connectivity index (χ4n) is 2.48. The molecule has 6 nitrogen and oxygen atoms in total. The van der Waals surface area contributed by atoms with E-state index in [1.54, 1.807) is 31.2 Å². The van der Waals surface area contributed by atoms with Gasteiger partial charge in [0.05, 0.1) is 11.5 Å². The van der Waals surface area contributed by atoms with Crippen LogP contribution in [0, 0.1) is 12.7 Å². The number of carbonyl (C=O) groups is 1. The van der Waals surface area contributed by atoms with Gasteiger partial charge in [-0.15, -0.1) is 0 Å². The van der Waals surface area contributed by atoms with Gasteiger partial charge in [0, 0.05) is 25.8 Å². The molecule has 8 heteroatoms. The Balaban J connectivity index is 2.06. The highest BCUT2D eigenvalue weighted by atomic mass is 32.2. The number of hydrogen-bond acceptors (Lipinski definition) is 4. The zero-order valence-electron chi connectivity index (χ0n) is 15.3. The first-order valence-electron chi connectivity index (χ1n) is 8.46. The molecule has 146 valence electrons. The number of halogens is 1. The van der Waals surface area contributed by atoms with Gasteiger partial charge in [-0.25, -0.2) is 17.5 Å². The minimum atomic E-state index is -3.73. The van der Waals surface area contributed by atoms with Crippen LogP contribution in [0.5, 0.6) is 0 Å². The zero-order valence-corrected chi connectivity index (χ0v) is 16.1. The monoisotopic (exact) mass is 394 g/mol. The predicted octanol–water partition coefficient (Wildman–Crippen LogP) is 2.03.